The molecule has 21 heavy (non-hydrogen) atoms. The maximum absolute atomic E-state index is 11.7. The molecule has 1 saturated heterocycles. The largest absolute Gasteiger partial charge is 0.465 e. The molecular weight excluding hydrogens is 266 g/mol. The summed E-state index contributed by atoms with van der Waals surface area (Å²) >= 11 is 0. The van der Waals surface area contributed by atoms with E-state index in [1.54, 1.807) is 0 Å². The quantitative estimate of drug-likeness (QED) is 0.896. The number of aliphatic hydroxyl groups is 1. The third-order valence-corrected chi connectivity index (χ3v) is 5.45. The molecule has 1 saturated carbocycles. The topological polar surface area (TPSA) is 60.8 Å². The van der Waals surface area contributed by atoms with E-state index in [2.05, 4.69) is 0 Å². The molecule has 2 N–H and O–H groups in total. The molecule has 1 aromatic carbocycles. The van der Waals surface area contributed by atoms with Gasteiger partial charge in [-0.25, -0.2) is 4.79 Å². The Morgan fingerprint density at radius 3 is 2.52 bits per heavy atom. The lowest BCUT2D eigenvalue weighted by Crippen LogP contribution is -2.61. The van der Waals surface area contributed by atoms with Crippen molar-refractivity contribution in [1.29, 1.82) is 0 Å². The molecular formula is C17H23NO3. The van der Waals surface area contributed by atoms with Crippen molar-refractivity contribution in [2.24, 2.45) is 5.92 Å². The van der Waals surface area contributed by atoms with Crippen molar-refractivity contribution in [1.82, 2.24) is 4.90 Å². The molecule has 2 fully saturated rings. The molecule has 3 rings (SSSR count). The second-order valence-corrected chi connectivity index (χ2v) is 6.43. The van der Waals surface area contributed by atoms with Gasteiger partial charge < -0.3 is 10.2 Å². The molecule has 2 atom stereocenters. The van der Waals surface area contributed by atoms with Gasteiger partial charge in [0, 0.05) is 6.54 Å². The zero-order chi connectivity index (χ0) is 15.1. The highest BCUT2D eigenvalue weighted by Gasteiger charge is 2.64. The van der Waals surface area contributed by atoms with Crippen LogP contribution in [0.4, 0.5) is 4.79 Å². The highest BCUT2D eigenvalue weighted by molar-refractivity contribution is 5.67. The van der Waals surface area contributed by atoms with E-state index in [0.29, 0.717) is 25.8 Å². The molecule has 0 bridgehead atoms. The van der Waals surface area contributed by atoms with Crippen molar-refractivity contribution in [3.05, 3.63) is 35.9 Å². The minimum atomic E-state index is -0.913. The first-order valence-corrected chi connectivity index (χ1v) is 7.80. The molecule has 1 aliphatic carbocycles. The van der Waals surface area contributed by atoms with E-state index in [1.807, 2.05) is 37.3 Å². The predicted molar refractivity (Wildman–Crippen MR) is 80.2 cm³/mol. The molecule has 4 heteroatoms. The molecule has 1 aliphatic heterocycles. The van der Waals surface area contributed by atoms with Crippen molar-refractivity contribution in [2.45, 2.75) is 50.2 Å². The van der Waals surface area contributed by atoms with Crippen LogP contribution in [0.2, 0.25) is 0 Å². The van der Waals surface area contributed by atoms with E-state index in [4.69, 9.17) is 0 Å². The lowest BCUT2D eigenvalue weighted by atomic mass is 9.71. The third kappa shape index (κ3) is 2.13. The van der Waals surface area contributed by atoms with E-state index in [1.165, 1.54) is 4.90 Å². The van der Waals surface area contributed by atoms with Crippen LogP contribution in [-0.2, 0) is 6.42 Å². The van der Waals surface area contributed by atoms with Crippen LogP contribution in [0, 0.1) is 5.92 Å². The molecule has 4 nitrogen and oxygen atoms in total. The highest BCUT2D eigenvalue weighted by atomic mass is 16.4. The Morgan fingerprint density at radius 2 is 2.00 bits per heavy atom. The van der Waals surface area contributed by atoms with Crippen molar-refractivity contribution in [2.75, 3.05) is 6.54 Å². The van der Waals surface area contributed by atoms with Crippen molar-refractivity contribution >= 4 is 6.09 Å². The molecule has 1 amide bonds. The smallest absolute Gasteiger partial charge is 0.407 e. The Hall–Kier alpha value is -1.55. The van der Waals surface area contributed by atoms with E-state index in [0.717, 1.165) is 18.4 Å². The van der Waals surface area contributed by atoms with Gasteiger partial charge in [-0.05, 0) is 43.6 Å². The van der Waals surface area contributed by atoms with Gasteiger partial charge in [-0.1, -0.05) is 37.3 Å². The van der Waals surface area contributed by atoms with E-state index in [-0.39, 0.29) is 5.92 Å². The number of rotatable bonds is 4. The molecule has 1 aromatic rings. The van der Waals surface area contributed by atoms with Gasteiger partial charge in [-0.3, -0.25) is 4.90 Å². The van der Waals surface area contributed by atoms with Crippen LogP contribution in [0.3, 0.4) is 0 Å². The summed E-state index contributed by atoms with van der Waals surface area (Å²) < 4.78 is 0. The molecule has 0 spiro atoms. The summed E-state index contributed by atoms with van der Waals surface area (Å²) in [5.41, 5.74) is -0.483. The minimum absolute atomic E-state index is 0.255. The fourth-order valence-corrected chi connectivity index (χ4v) is 4.19. The Labute approximate surface area is 125 Å². The number of carboxylic acid groups (broad SMARTS) is 1. The van der Waals surface area contributed by atoms with Gasteiger partial charge in [0.05, 0.1) is 11.1 Å². The number of hydrogen-bond acceptors (Lipinski definition) is 2. The van der Waals surface area contributed by atoms with Gasteiger partial charge in [0.25, 0.3) is 0 Å². The average Bonchev–Trinajstić information content (AvgIpc) is 3.28. The van der Waals surface area contributed by atoms with Gasteiger partial charge in [0.15, 0.2) is 0 Å². The van der Waals surface area contributed by atoms with Gasteiger partial charge in [-0.2, -0.15) is 0 Å². The van der Waals surface area contributed by atoms with Gasteiger partial charge in [0.2, 0.25) is 0 Å². The first kappa shape index (κ1) is 14.4. The highest BCUT2D eigenvalue weighted by Crippen LogP contribution is 2.55. The summed E-state index contributed by atoms with van der Waals surface area (Å²) in [4.78, 5) is 13.2. The first-order valence-electron chi connectivity index (χ1n) is 7.80. The summed E-state index contributed by atoms with van der Waals surface area (Å²) in [6, 6.07) is 9.93. The first-order chi connectivity index (χ1) is 10.0. The monoisotopic (exact) mass is 289 g/mol. The SMILES string of the molecule is CC[C@@]1(Cc2ccccc2)N(C(=O)O)CC[C@@]1(O)C1CC1. The second-order valence-electron chi connectivity index (χ2n) is 6.43. The molecule has 114 valence electrons. The van der Waals surface area contributed by atoms with Crippen LogP contribution in [0.5, 0.6) is 0 Å². The molecule has 0 aromatic heterocycles. The summed E-state index contributed by atoms with van der Waals surface area (Å²) in [6.07, 6.45) is 2.90. The summed E-state index contributed by atoms with van der Waals surface area (Å²) in [5, 5.41) is 20.9. The van der Waals surface area contributed by atoms with Crippen LogP contribution in [0.25, 0.3) is 0 Å². The maximum Gasteiger partial charge on any atom is 0.407 e. The van der Waals surface area contributed by atoms with Gasteiger partial charge in [0.1, 0.15) is 0 Å². The molecule has 0 unspecified atom stereocenters. The fourth-order valence-electron chi connectivity index (χ4n) is 4.19. The number of nitrogens with zero attached hydrogens (tertiary/aromatic N) is 1. The Morgan fingerprint density at radius 1 is 1.33 bits per heavy atom. The van der Waals surface area contributed by atoms with E-state index >= 15 is 0 Å². The minimum Gasteiger partial charge on any atom is -0.465 e. The summed E-state index contributed by atoms with van der Waals surface area (Å²) in [6.45, 7) is 2.43. The average molecular weight is 289 g/mol. The molecule has 1 heterocycles. The van der Waals surface area contributed by atoms with E-state index in [9.17, 15) is 15.0 Å². The fraction of sp³-hybridized carbons (Fsp3) is 0.588. The number of carbonyl (C=O) groups is 1. The van der Waals surface area contributed by atoms with Crippen LogP contribution < -0.4 is 0 Å². The zero-order valence-electron chi connectivity index (χ0n) is 12.5. The number of amides is 1. The molecule has 0 radical (unpaired) electrons. The third-order valence-electron chi connectivity index (χ3n) is 5.45. The van der Waals surface area contributed by atoms with Crippen molar-refractivity contribution in [3.8, 4) is 0 Å². The lowest BCUT2D eigenvalue weighted by Gasteiger charge is -2.46. The van der Waals surface area contributed by atoms with Gasteiger partial charge >= 0.3 is 6.09 Å². The number of benzene rings is 1. The van der Waals surface area contributed by atoms with Gasteiger partial charge in [-0.15, -0.1) is 0 Å². The standard InChI is InChI=1S/C17H23NO3/c1-2-16(12-13-6-4-3-5-7-13)17(21,14-8-9-14)10-11-18(16)15(19)20/h3-7,14,21H,2,8-12H2,1H3,(H,19,20)/t16-,17+/m0/s1. The Kier molecular flexibility index (Phi) is 3.44. The van der Waals surface area contributed by atoms with Crippen LogP contribution in [0.1, 0.15) is 38.2 Å². The summed E-state index contributed by atoms with van der Waals surface area (Å²) in [5.74, 6) is 0.255. The van der Waals surface area contributed by atoms with Crippen molar-refractivity contribution in [3.63, 3.8) is 0 Å². The van der Waals surface area contributed by atoms with Crippen LogP contribution >= 0.6 is 0 Å². The van der Waals surface area contributed by atoms with E-state index < -0.39 is 17.2 Å². The number of hydrogen-bond donors (Lipinski definition) is 2. The Balaban J connectivity index is 2.02. The molecule has 2 aliphatic rings. The van der Waals surface area contributed by atoms with Crippen LogP contribution in [-0.4, -0.2) is 38.9 Å². The Bertz CT molecular complexity index is 528. The second kappa shape index (κ2) is 5.02. The normalized spacial score (nSPS) is 32.4. The maximum atomic E-state index is 11.7. The zero-order valence-corrected chi connectivity index (χ0v) is 12.5. The summed E-state index contributed by atoms with van der Waals surface area (Å²) in [7, 11) is 0. The van der Waals surface area contributed by atoms with Crippen LogP contribution in [0.15, 0.2) is 30.3 Å². The van der Waals surface area contributed by atoms with Crippen molar-refractivity contribution < 1.29 is 15.0 Å². The predicted octanol–water partition coefficient (Wildman–Crippen LogP) is 2.90. The number of likely N-dealkylation sites (tertiary alicyclic amines) is 1. The lowest BCUT2D eigenvalue weighted by molar-refractivity contribution is -0.0753.